The molecule has 18 heavy (non-hydrogen) atoms. The zero-order valence-electron chi connectivity index (χ0n) is 10.0. The smallest absolute Gasteiger partial charge is 0.338 e. The van der Waals surface area contributed by atoms with E-state index in [2.05, 4.69) is 0 Å². The van der Waals surface area contributed by atoms with Crippen molar-refractivity contribution in [2.24, 2.45) is 5.92 Å². The molecular weight excluding hydrogens is 252 g/mol. The van der Waals surface area contributed by atoms with Crippen LogP contribution in [0.4, 0.5) is 0 Å². The standard InChI is InChI=1S/C14H15ClO3/c15-12-3-1-2-10(8-12)13(16)18-14(5-6-14)11-4-7-17-9-11/h1-3,8,11H,4-7,9H2. The molecular formula is C14H15ClO3. The molecule has 0 spiro atoms. The SMILES string of the molecule is O=C(OC1(C2CCOC2)CC1)c1cccc(Cl)c1. The van der Waals surface area contributed by atoms with Crippen LogP contribution in [-0.2, 0) is 9.47 Å². The Morgan fingerprint density at radius 3 is 2.89 bits per heavy atom. The summed E-state index contributed by atoms with van der Waals surface area (Å²) >= 11 is 5.88. The minimum Gasteiger partial charge on any atom is -0.455 e. The van der Waals surface area contributed by atoms with Crippen LogP contribution in [0.2, 0.25) is 5.02 Å². The van der Waals surface area contributed by atoms with E-state index in [9.17, 15) is 4.79 Å². The topological polar surface area (TPSA) is 35.5 Å². The summed E-state index contributed by atoms with van der Waals surface area (Å²) in [6, 6.07) is 6.88. The van der Waals surface area contributed by atoms with Crippen LogP contribution in [0.3, 0.4) is 0 Å². The van der Waals surface area contributed by atoms with Crippen molar-refractivity contribution >= 4 is 17.6 Å². The van der Waals surface area contributed by atoms with Crippen molar-refractivity contribution in [1.82, 2.24) is 0 Å². The van der Waals surface area contributed by atoms with Crippen molar-refractivity contribution in [2.75, 3.05) is 13.2 Å². The lowest BCUT2D eigenvalue weighted by atomic mass is 9.99. The molecule has 1 saturated heterocycles. The highest BCUT2D eigenvalue weighted by Crippen LogP contribution is 2.49. The Balaban J connectivity index is 1.71. The quantitative estimate of drug-likeness (QED) is 0.789. The van der Waals surface area contributed by atoms with Gasteiger partial charge in [-0.05, 0) is 37.5 Å². The van der Waals surface area contributed by atoms with E-state index < -0.39 is 0 Å². The average Bonchev–Trinajstić information content (AvgIpc) is 2.93. The third kappa shape index (κ3) is 2.25. The van der Waals surface area contributed by atoms with Gasteiger partial charge in [0.05, 0.1) is 12.2 Å². The summed E-state index contributed by atoms with van der Waals surface area (Å²) in [4.78, 5) is 12.1. The first kappa shape index (κ1) is 12.0. The lowest BCUT2D eigenvalue weighted by Gasteiger charge is -2.22. The monoisotopic (exact) mass is 266 g/mol. The summed E-state index contributed by atoms with van der Waals surface area (Å²) in [6.45, 7) is 1.49. The van der Waals surface area contributed by atoms with E-state index in [0.717, 1.165) is 25.9 Å². The average molecular weight is 267 g/mol. The molecule has 2 aliphatic rings. The van der Waals surface area contributed by atoms with Gasteiger partial charge >= 0.3 is 5.97 Å². The van der Waals surface area contributed by atoms with Crippen LogP contribution in [0.25, 0.3) is 0 Å². The van der Waals surface area contributed by atoms with Gasteiger partial charge in [-0.25, -0.2) is 4.79 Å². The number of ether oxygens (including phenoxy) is 2. The molecule has 3 rings (SSSR count). The van der Waals surface area contributed by atoms with Gasteiger partial charge in [0.25, 0.3) is 0 Å². The van der Waals surface area contributed by atoms with Crippen molar-refractivity contribution in [3.8, 4) is 0 Å². The van der Waals surface area contributed by atoms with Crippen LogP contribution in [0.1, 0.15) is 29.6 Å². The highest BCUT2D eigenvalue weighted by Gasteiger charge is 2.54. The van der Waals surface area contributed by atoms with Crippen LogP contribution in [0.5, 0.6) is 0 Å². The Kier molecular flexibility index (Phi) is 3.04. The lowest BCUT2D eigenvalue weighted by Crippen LogP contribution is -2.29. The fourth-order valence-corrected chi connectivity index (χ4v) is 2.72. The van der Waals surface area contributed by atoms with E-state index in [1.807, 2.05) is 0 Å². The molecule has 3 nitrogen and oxygen atoms in total. The van der Waals surface area contributed by atoms with Crippen LogP contribution < -0.4 is 0 Å². The van der Waals surface area contributed by atoms with Gasteiger partial charge < -0.3 is 9.47 Å². The number of esters is 1. The van der Waals surface area contributed by atoms with E-state index >= 15 is 0 Å². The molecule has 0 amide bonds. The zero-order chi connectivity index (χ0) is 12.6. The Morgan fingerprint density at radius 2 is 2.28 bits per heavy atom. The summed E-state index contributed by atoms with van der Waals surface area (Å²) in [7, 11) is 0. The molecule has 1 aliphatic heterocycles. The van der Waals surface area contributed by atoms with Gasteiger partial charge in [-0.1, -0.05) is 17.7 Å². The van der Waals surface area contributed by atoms with E-state index in [1.165, 1.54) is 0 Å². The number of hydrogen-bond acceptors (Lipinski definition) is 3. The number of benzene rings is 1. The molecule has 0 aromatic heterocycles. The molecule has 4 heteroatoms. The van der Waals surface area contributed by atoms with Gasteiger partial charge in [-0.15, -0.1) is 0 Å². The Labute approximate surface area is 111 Å². The number of rotatable bonds is 3. The summed E-state index contributed by atoms with van der Waals surface area (Å²) < 4.78 is 11.1. The molecule has 1 saturated carbocycles. The van der Waals surface area contributed by atoms with Crippen molar-refractivity contribution in [3.05, 3.63) is 34.9 Å². The Bertz CT molecular complexity index is 462. The fourth-order valence-electron chi connectivity index (χ4n) is 2.53. The predicted molar refractivity (Wildman–Crippen MR) is 67.8 cm³/mol. The highest BCUT2D eigenvalue weighted by molar-refractivity contribution is 6.30. The molecule has 1 aromatic carbocycles. The third-order valence-corrected chi connectivity index (χ3v) is 4.01. The predicted octanol–water partition coefficient (Wildman–Crippen LogP) is 3.07. The zero-order valence-corrected chi connectivity index (χ0v) is 10.8. The number of carbonyl (C=O) groups excluding carboxylic acids is 1. The van der Waals surface area contributed by atoms with Crippen LogP contribution in [-0.4, -0.2) is 24.8 Å². The third-order valence-electron chi connectivity index (χ3n) is 3.77. The van der Waals surface area contributed by atoms with E-state index in [-0.39, 0.29) is 11.6 Å². The molecule has 1 atom stereocenters. The van der Waals surface area contributed by atoms with Gasteiger partial charge in [0.1, 0.15) is 5.60 Å². The van der Waals surface area contributed by atoms with Crippen LogP contribution in [0, 0.1) is 5.92 Å². The van der Waals surface area contributed by atoms with Gasteiger partial charge in [-0.2, -0.15) is 0 Å². The summed E-state index contributed by atoms with van der Waals surface area (Å²) in [5.41, 5.74) is 0.253. The summed E-state index contributed by atoms with van der Waals surface area (Å²) in [5.74, 6) is 0.0857. The highest BCUT2D eigenvalue weighted by atomic mass is 35.5. The second kappa shape index (κ2) is 4.56. The Morgan fingerprint density at radius 1 is 1.44 bits per heavy atom. The molecule has 96 valence electrons. The van der Waals surface area contributed by atoms with Crippen molar-refractivity contribution in [1.29, 1.82) is 0 Å². The second-order valence-electron chi connectivity index (χ2n) is 5.03. The van der Waals surface area contributed by atoms with Gasteiger partial charge in [0.2, 0.25) is 0 Å². The Hall–Kier alpha value is -1.06. The van der Waals surface area contributed by atoms with Gasteiger partial charge in [0.15, 0.2) is 0 Å². The molecule has 1 aromatic rings. The van der Waals surface area contributed by atoms with Crippen molar-refractivity contribution in [2.45, 2.75) is 24.9 Å². The van der Waals surface area contributed by atoms with Gasteiger partial charge in [0, 0.05) is 17.5 Å². The van der Waals surface area contributed by atoms with E-state index in [0.29, 0.717) is 23.1 Å². The number of carbonyl (C=O) groups is 1. The molecule has 1 aliphatic carbocycles. The maximum absolute atomic E-state index is 12.1. The van der Waals surface area contributed by atoms with Crippen molar-refractivity contribution < 1.29 is 14.3 Å². The first-order valence-electron chi connectivity index (χ1n) is 6.26. The molecule has 0 radical (unpaired) electrons. The maximum Gasteiger partial charge on any atom is 0.338 e. The van der Waals surface area contributed by atoms with E-state index in [1.54, 1.807) is 24.3 Å². The minimum atomic E-state index is -0.276. The fraction of sp³-hybridized carbons (Fsp3) is 0.500. The van der Waals surface area contributed by atoms with Crippen molar-refractivity contribution in [3.63, 3.8) is 0 Å². The van der Waals surface area contributed by atoms with Gasteiger partial charge in [-0.3, -0.25) is 0 Å². The largest absolute Gasteiger partial charge is 0.455 e. The summed E-state index contributed by atoms with van der Waals surface area (Å²) in [5, 5.41) is 0.554. The molecule has 2 fully saturated rings. The minimum absolute atomic E-state index is 0.268. The normalized spacial score (nSPS) is 24.8. The first-order valence-corrected chi connectivity index (χ1v) is 6.64. The van der Waals surface area contributed by atoms with E-state index in [4.69, 9.17) is 21.1 Å². The van der Waals surface area contributed by atoms with Crippen LogP contribution in [0.15, 0.2) is 24.3 Å². The summed E-state index contributed by atoms with van der Waals surface area (Å²) in [6.07, 6.45) is 2.89. The number of halogens is 1. The van der Waals surface area contributed by atoms with Crippen LogP contribution >= 0.6 is 11.6 Å². The molecule has 0 bridgehead atoms. The number of hydrogen-bond donors (Lipinski definition) is 0. The first-order chi connectivity index (χ1) is 8.70. The lowest BCUT2D eigenvalue weighted by molar-refractivity contribution is 0.000837. The second-order valence-corrected chi connectivity index (χ2v) is 5.46. The molecule has 1 unspecified atom stereocenters. The molecule has 1 heterocycles. The molecule has 0 N–H and O–H groups in total. The maximum atomic E-state index is 12.1.